The SMILES string of the molecule is CNCC(O)c1c(F)cc(O)cc1Cl. The Morgan fingerprint density at radius 2 is 2.21 bits per heavy atom. The van der Waals surface area contributed by atoms with Crippen LogP contribution in [0.1, 0.15) is 11.7 Å². The summed E-state index contributed by atoms with van der Waals surface area (Å²) in [5.41, 5.74) is -0.00110. The second-order valence-corrected chi connectivity index (χ2v) is 3.30. The maximum Gasteiger partial charge on any atom is 0.134 e. The molecule has 0 amide bonds. The molecule has 0 saturated carbocycles. The van der Waals surface area contributed by atoms with E-state index in [0.717, 1.165) is 6.07 Å². The van der Waals surface area contributed by atoms with Crippen molar-refractivity contribution in [2.45, 2.75) is 6.10 Å². The number of phenolic OH excluding ortho intramolecular Hbond substituents is 1. The highest BCUT2D eigenvalue weighted by Gasteiger charge is 2.17. The molecule has 0 aromatic heterocycles. The fourth-order valence-electron chi connectivity index (χ4n) is 1.18. The van der Waals surface area contributed by atoms with Crippen LogP contribution >= 0.6 is 11.6 Å². The normalized spacial score (nSPS) is 12.9. The Kier molecular flexibility index (Phi) is 3.69. The van der Waals surface area contributed by atoms with E-state index < -0.39 is 11.9 Å². The first kappa shape index (κ1) is 11.2. The van der Waals surface area contributed by atoms with Crippen molar-refractivity contribution in [1.82, 2.24) is 5.32 Å². The lowest BCUT2D eigenvalue weighted by atomic mass is 10.1. The Bertz CT molecular complexity index is 310. The minimum Gasteiger partial charge on any atom is -0.508 e. The second kappa shape index (κ2) is 4.59. The zero-order valence-electron chi connectivity index (χ0n) is 7.59. The molecule has 1 rings (SSSR count). The second-order valence-electron chi connectivity index (χ2n) is 2.90. The number of nitrogens with one attached hydrogen (secondary N) is 1. The van der Waals surface area contributed by atoms with E-state index in [1.165, 1.54) is 6.07 Å². The van der Waals surface area contributed by atoms with Crippen molar-refractivity contribution in [2.75, 3.05) is 13.6 Å². The van der Waals surface area contributed by atoms with Gasteiger partial charge in [-0.3, -0.25) is 0 Å². The van der Waals surface area contributed by atoms with Gasteiger partial charge in [-0.05, 0) is 13.1 Å². The molecule has 1 atom stereocenters. The molecule has 5 heteroatoms. The third-order valence-electron chi connectivity index (χ3n) is 1.79. The van der Waals surface area contributed by atoms with Crippen LogP contribution < -0.4 is 5.32 Å². The fourth-order valence-corrected chi connectivity index (χ4v) is 1.51. The third kappa shape index (κ3) is 2.35. The lowest BCUT2D eigenvalue weighted by molar-refractivity contribution is 0.173. The van der Waals surface area contributed by atoms with E-state index in [2.05, 4.69) is 5.32 Å². The lowest BCUT2D eigenvalue weighted by Crippen LogP contribution is -2.18. The smallest absolute Gasteiger partial charge is 0.134 e. The van der Waals surface area contributed by atoms with Crippen LogP contribution in [0.4, 0.5) is 4.39 Å². The summed E-state index contributed by atoms with van der Waals surface area (Å²) in [6.07, 6.45) is -1.02. The Morgan fingerprint density at radius 1 is 1.57 bits per heavy atom. The van der Waals surface area contributed by atoms with Crippen molar-refractivity contribution < 1.29 is 14.6 Å². The summed E-state index contributed by atoms with van der Waals surface area (Å²) in [7, 11) is 1.63. The fraction of sp³-hybridized carbons (Fsp3) is 0.333. The molecule has 1 unspecified atom stereocenters. The van der Waals surface area contributed by atoms with E-state index >= 15 is 0 Å². The average Bonchev–Trinajstić information content (AvgIpc) is 2.01. The molecule has 14 heavy (non-hydrogen) atoms. The van der Waals surface area contributed by atoms with Crippen molar-refractivity contribution in [2.24, 2.45) is 0 Å². The molecule has 0 saturated heterocycles. The van der Waals surface area contributed by atoms with Crippen LogP contribution in [0.2, 0.25) is 5.02 Å². The van der Waals surface area contributed by atoms with E-state index in [1.807, 2.05) is 0 Å². The number of hydrogen-bond acceptors (Lipinski definition) is 3. The van der Waals surface area contributed by atoms with Crippen LogP contribution in [0.3, 0.4) is 0 Å². The molecule has 0 fully saturated rings. The maximum atomic E-state index is 13.3. The summed E-state index contributed by atoms with van der Waals surface area (Å²) in [6, 6.07) is 2.11. The maximum absolute atomic E-state index is 13.3. The van der Waals surface area contributed by atoms with E-state index in [4.69, 9.17) is 16.7 Å². The molecule has 0 aliphatic heterocycles. The lowest BCUT2D eigenvalue weighted by Gasteiger charge is -2.13. The van der Waals surface area contributed by atoms with Gasteiger partial charge in [0, 0.05) is 18.2 Å². The number of aromatic hydroxyl groups is 1. The average molecular weight is 220 g/mol. The van der Waals surface area contributed by atoms with Gasteiger partial charge >= 0.3 is 0 Å². The van der Waals surface area contributed by atoms with Gasteiger partial charge < -0.3 is 15.5 Å². The van der Waals surface area contributed by atoms with Crippen LogP contribution in [-0.2, 0) is 0 Å². The zero-order valence-corrected chi connectivity index (χ0v) is 8.35. The first-order chi connectivity index (χ1) is 6.56. The first-order valence-corrected chi connectivity index (χ1v) is 4.44. The van der Waals surface area contributed by atoms with Crippen molar-refractivity contribution in [3.8, 4) is 5.75 Å². The standard InChI is InChI=1S/C9H11ClFNO2/c1-12-4-8(14)9-6(10)2-5(13)3-7(9)11/h2-3,8,12-14H,4H2,1H3. The first-order valence-electron chi connectivity index (χ1n) is 4.06. The summed E-state index contributed by atoms with van der Waals surface area (Å²) in [5.74, 6) is -0.967. The molecule has 3 N–H and O–H groups in total. The Morgan fingerprint density at radius 3 is 2.71 bits per heavy atom. The summed E-state index contributed by atoms with van der Waals surface area (Å²) in [5, 5.41) is 21.2. The van der Waals surface area contributed by atoms with Gasteiger partial charge in [-0.1, -0.05) is 11.6 Å². The van der Waals surface area contributed by atoms with E-state index in [0.29, 0.717) is 0 Å². The molecular weight excluding hydrogens is 209 g/mol. The molecule has 0 spiro atoms. The highest BCUT2D eigenvalue weighted by Crippen LogP contribution is 2.29. The number of phenols is 1. The van der Waals surface area contributed by atoms with Crippen molar-refractivity contribution in [3.63, 3.8) is 0 Å². The van der Waals surface area contributed by atoms with Gasteiger partial charge in [0.2, 0.25) is 0 Å². The summed E-state index contributed by atoms with van der Waals surface area (Å²) in [4.78, 5) is 0. The van der Waals surface area contributed by atoms with Gasteiger partial charge in [0.05, 0.1) is 11.1 Å². The molecule has 0 aliphatic rings. The van der Waals surface area contributed by atoms with E-state index in [1.54, 1.807) is 7.05 Å². The predicted octanol–water partition coefficient (Wildman–Crippen LogP) is 1.44. The van der Waals surface area contributed by atoms with Crippen molar-refractivity contribution in [1.29, 1.82) is 0 Å². The van der Waals surface area contributed by atoms with E-state index in [-0.39, 0.29) is 22.9 Å². The summed E-state index contributed by atoms with van der Waals surface area (Å²) >= 11 is 5.68. The molecule has 78 valence electrons. The molecule has 1 aromatic rings. The Hall–Kier alpha value is -0.840. The predicted molar refractivity (Wildman–Crippen MR) is 52.0 cm³/mol. The van der Waals surface area contributed by atoms with Crippen LogP contribution in [-0.4, -0.2) is 23.8 Å². The number of likely N-dealkylation sites (N-methyl/N-ethyl adjacent to an activating group) is 1. The third-order valence-corrected chi connectivity index (χ3v) is 2.11. The minimum absolute atomic E-state index is 0.00110. The molecule has 3 nitrogen and oxygen atoms in total. The van der Waals surface area contributed by atoms with Gasteiger partial charge in [0.15, 0.2) is 0 Å². The van der Waals surface area contributed by atoms with Crippen molar-refractivity contribution >= 4 is 11.6 Å². The van der Waals surface area contributed by atoms with Crippen molar-refractivity contribution in [3.05, 3.63) is 28.5 Å². The van der Waals surface area contributed by atoms with Crippen LogP contribution in [0.15, 0.2) is 12.1 Å². The largest absolute Gasteiger partial charge is 0.508 e. The highest BCUT2D eigenvalue weighted by molar-refractivity contribution is 6.31. The topological polar surface area (TPSA) is 52.5 Å². The van der Waals surface area contributed by atoms with Crippen LogP contribution in [0.5, 0.6) is 5.75 Å². The number of aliphatic hydroxyl groups excluding tert-OH is 1. The number of rotatable bonds is 3. The van der Waals surface area contributed by atoms with Gasteiger partial charge in [0.1, 0.15) is 11.6 Å². The monoisotopic (exact) mass is 219 g/mol. The quantitative estimate of drug-likeness (QED) is 0.721. The number of hydrogen-bond donors (Lipinski definition) is 3. The van der Waals surface area contributed by atoms with Crippen LogP contribution in [0.25, 0.3) is 0 Å². The van der Waals surface area contributed by atoms with Gasteiger partial charge in [-0.15, -0.1) is 0 Å². The molecular formula is C9H11ClFNO2. The van der Waals surface area contributed by atoms with Gasteiger partial charge in [-0.25, -0.2) is 4.39 Å². The molecule has 0 aliphatic carbocycles. The summed E-state index contributed by atoms with van der Waals surface area (Å²) < 4.78 is 13.3. The Balaban J connectivity index is 3.07. The van der Waals surface area contributed by atoms with Gasteiger partial charge in [-0.2, -0.15) is 0 Å². The van der Waals surface area contributed by atoms with Crippen LogP contribution in [0, 0.1) is 5.82 Å². The van der Waals surface area contributed by atoms with E-state index in [9.17, 15) is 9.50 Å². The molecule has 0 bridgehead atoms. The Labute approximate surface area is 86.1 Å². The van der Waals surface area contributed by atoms with Gasteiger partial charge in [0.25, 0.3) is 0 Å². The minimum atomic E-state index is -1.02. The number of halogens is 2. The molecule has 0 heterocycles. The molecule has 0 radical (unpaired) electrons. The number of aliphatic hydroxyl groups is 1. The number of benzene rings is 1. The highest BCUT2D eigenvalue weighted by atomic mass is 35.5. The zero-order chi connectivity index (χ0) is 10.7. The summed E-state index contributed by atoms with van der Waals surface area (Å²) in [6.45, 7) is 0.196. The molecule has 1 aromatic carbocycles.